The second kappa shape index (κ2) is 7.38. The van der Waals surface area contributed by atoms with Crippen molar-refractivity contribution in [2.45, 2.75) is 23.4 Å². The molecule has 1 saturated heterocycles. The molecule has 1 amide bonds. The largest absolute Gasteiger partial charge is 0.446 e. The highest BCUT2D eigenvalue weighted by Gasteiger charge is 2.29. The summed E-state index contributed by atoms with van der Waals surface area (Å²) >= 11 is -0.178. The predicted molar refractivity (Wildman–Crippen MR) is 79.0 cm³/mol. The summed E-state index contributed by atoms with van der Waals surface area (Å²) in [5.74, 6) is -0.137. The molecule has 1 unspecified atom stereocenters. The van der Waals surface area contributed by atoms with Crippen LogP contribution in [-0.2, 0) is 0 Å². The van der Waals surface area contributed by atoms with Gasteiger partial charge in [-0.05, 0) is 43.0 Å². The average molecular weight is 341 g/mol. The minimum Gasteiger partial charge on any atom is -0.336 e. The maximum Gasteiger partial charge on any atom is 0.446 e. The summed E-state index contributed by atoms with van der Waals surface area (Å²) in [5, 5.41) is 3.23. The molecule has 0 spiro atoms. The minimum absolute atomic E-state index is 0. The van der Waals surface area contributed by atoms with E-state index in [1.54, 1.807) is 4.90 Å². The van der Waals surface area contributed by atoms with Crippen LogP contribution in [0, 0.1) is 0 Å². The Morgan fingerprint density at radius 1 is 1.33 bits per heavy atom. The zero-order valence-electron chi connectivity index (χ0n) is 11.3. The molecule has 0 aromatic heterocycles. The topological polar surface area (TPSA) is 32.3 Å². The quantitative estimate of drug-likeness (QED) is 0.839. The summed E-state index contributed by atoms with van der Waals surface area (Å²) in [4.78, 5) is 14.0. The fourth-order valence-electron chi connectivity index (χ4n) is 2.10. The van der Waals surface area contributed by atoms with Gasteiger partial charge >= 0.3 is 5.51 Å². The van der Waals surface area contributed by atoms with Gasteiger partial charge in [-0.3, -0.25) is 4.79 Å². The highest BCUT2D eigenvalue weighted by Crippen LogP contribution is 2.36. The van der Waals surface area contributed by atoms with Crippen LogP contribution in [0.5, 0.6) is 0 Å². The van der Waals surface area contributed by atoms with Crippen molar-refractivity contribution in [3.8, 4) is 0 Å². The lowest BCUT2D eigenvalue weighted by Crippen LogP contribution is -2.51. The molecule has 2 rings (SSSR count). The molecule has 1 aliphatic rings. The highest BCUT2D eigenvalue weighted by atomic mass is 35.5. The molecule has 0 bridgehead atoms. The number of nitrogens with zero attached hydrogens (tertiary/aromatic N) is 1. The molecule has 0 saturated carbocycles. The van der Waals surface area contributed by atoms with E-state index in [9.17, 15) is 18.0 Å². The standard InChI is InChI=1S/C13H15F3N2OS.ClH/c1-9-8-18(7-6-17-9)12(19)10-2-4-11(5-3-10)20-13(14,15)16;/h2-5,9,17H,6-8H2,1H3;1H. The molecule has 1 aromatic rings. The van der Waals surface area contributed by atoms with Crippen molar-refractivity contribution < 1.29 is 18.0 Å². The smallest absolute Gasteiger partial charge is 0.336 e. The molecule has 1 atom stereocenters. The fraction of sp³-hybridized carbons (Fsp3) is 0.462. The van der Waals surface area contributed by atoms with Crippen LogP contribution in [0.2, 0.25) is 0 Å². The number of hydrogen-bond acceptors (Lipinski definition) is 3. The van der Waals surface area contributed by atoms with Gasteiger partial charge in [-0.25, -0.2) is 0 Å². The van der Waals surface area contributed by atoms with Gasteiger partial charge in [-0.1, -0.05) is 0 Å². The lowest BCUT2D eigenvalue weighted by molar-refractivity contribution is -0.0328. The molecule has 3 nitrogen and oxygen atoms in total. The van der Waals surface area contributed by atoms with E-state index in [-0.39, 0.29) is 41.0 Å². The van der Waals surface area contributed by atoms with E-state index in [1.807, 2.05) is 6.92 Å². The number of rotatable bonds is 2. The summed E-state index contributed by atoms with van der Waals surface area (Å²) in [5.41, 5.74) is -3.88. The van der Waals surface area contributed by atoms with Crippen molar-refractivity contribution in [1.82, 2.24) is 10.2 Å². The molecule has 1 heterocycles. The first kappa shape index (κ1) is 18.1. The summed E-state index contributed by atoms with van der Waals surface area (Å²) < 4.78 is 36.6. The first-order valence-electron chi connectivity index (χ1n) is 6.23. The van der Waals surface area contributed by atoms with Crippen molar-refractivity contribution in [2.24, 2.45) is 0 Å². The SMILES string of the molecule is CC1CN(C(=O)c2ccc(SC(F)(F)F)cc2)CCN1.Cl. The van der Waals surface area contributed by atoms with E-state index in [0.29, 0.717) is 18.7 Å². The molecule has 1 fully saturated rings. The van der Waals surface area contributed by atoms with E-state index in [4.69, 9.17) is 0 Å². The Bertz CT molecular complexity index is 481. The highest BCUT2D eigenvalue weighted by molar-refractivity contribution is 8.00. The van der Waals surface area contributed by atoms with Gasteiger partial charge in [0.05, 0.1) is 0 Å². The summed E-state index contributed by atoms with van der Waals surface area (Å²) in [6.07, 6.45) is 0. The fourth-order valence-corrected chi connectivity index (χ4v) is 2.64. The molecular weight excluding hydrogens is 325 g/mol. The van der Waals surface area contributed by atoms with Crippen LogP contribution in [-0.4, -0.2) is 42.0 Å². The third kappa shape index (κ3) is 5.41. The maximum absolute atomic E-state index is 12.2. The van der Waals surface area contributed by atoms with Crippen LogP contribution in [0.15, 0.2) is 29.2 Å². The van der Waals surface area contributed by atoms with Crippen LogP contribution in [0.25, 0.3) is 0 Å². The maximum atomic E-state index is 12.2. The zero-order valence-corrected chi connectivity index (χ0v) is 12.9. The number of benzene rings is 1. The number of piperazine rings is 1. The molecule has 1 aromatic carbocycles. The van der Waals surface area contributed by atoms with Gasteiger partial charge in [0.2, 0.25) is 0 Å². The van der Waals surface area contributed by atoms with Crippen LogP contribution >= 0.6 is 24.2 Å². The van der Waals surface area contributed by atoms with Gasteiger partial charge in [0.1, 0.15) is 0 Å². The molecule has 1 N–H and O–H groups in total. The molecule has 8 heteroatoms. The van der Waals surface area contributed by atoms with E-state index in [1.165, 1.54) is 24.3 Å². The first-order valence-corrected chi connectivity index (χ1v) is 7.05. The first-order chi connectivity index (χ1) is 9.35. The van der Waals surface area contributed by atoms with Crippen LogP contribution in [0.3, 0.4) is 0 Å². The van der Waals surface area contributed by atoms with Gasteiger partial charge in [0, 0.05) is 36.1 Å². The lowest BCUT2D eigenvalue weighted by Gasteiger charge is -2.32. The molecule has 1 aliphatic heterocycles. The zero-order chi connectivity index (χ0) is 14.8. The third-order valence-corrected chi connectivity index (χ3v) is 3.73. The van der Waals surface area contributed by atoms with Gasteiger partial charge in [0.15, 0.2) is 0 Å². The number of amides is 1. The number of nitrogens with one attached hydrogen (secondary N) is 1. The van der Waals surface area contributed by atoms with E-state index >= 15 is 0 Å². The number of alkyl halides is 3. The second-order valence-electron chi connectivity index (χ2n) is 4.68. The van der Waals surface area contributed by atoms with Crippen LogP contribution < -0.4 is 5.32 Å². The molecular formula is C13H16ClF3N2OS. The predicted octanol–water partition coefficient (Wildman–Crippen LogP) is 3.15. The normalized spacial score (nSPS) is 19.0. The molecule has 21 heavy (non-hydrogen) atoms. The Morgan fingerprint density at radius 3 is 2.48 bits per heavy atom. The van der Waals surface area contributed by atoms with Crippen molar-refractivity contribution in [1.29, 1.82) is 0 Å². The number of carbonyl (C=O) groups excluding carboxylic acids is 1. The average Bonchev–Trinajstić information content (AvgIpc) is 2.37. The number of hydrogen-bond donors (Lipinski definition) is 1. The van der Waals surface area contributed by atoms with E-state index in [2.05, 4.69) is 5.32 Å². The van der Waals surface area contributed by atoms with Crippen molar-refractivity contribution >= 4 is 30.1 Å². The van der Waals surface area contributed by atoms with E-state index in [0.717, 1.165) is 6.54 Å². The second-order valence-corrected chi connectivity index (χ2v) is 5.82. The van der Waals surface area contributed by atoms with Gasteiger partial charge in [0.25, 0.3) is 5.91 Å². The number of halogens is 4. The van der Waals surface area contributed by atoms with Crippen molar-refractivity contribution in [2.75, 3.05) is 19.6 Å². The summed E-state index contributed by atoms with van der Waals surface area (Å²) in [6, 6.07) is 5.79. The molecule has 0 radical (unpaired) electrons. The van der Waals surface area contributed by atoms with E-state index < -0.39 is 5.51 Å². The van der Waals surface area contributed by atoms with Gasteiger partial charge in [-0.2, -0.15) is 13.2 Å². The number of thioether (sulfide) groups is 1. The minimum atomic E-state index is -4.31. The van der Waals surface area contributed by atoms with Crippen molar-refractivity contribution in [3.05, 3.63) is 29.8 Å². The molecule has 118 valence electrons. The van der Waals surface area contributed by atoms with Crippen LogP contribution in [0.1, 0.15) is 17.3 Å². The number of carbonyl (C=O) groups is 1. The Hall–Kier alpha value is -0.920. The summed E-state index contributed by atoms with van der Waals surface area (Å²) in [6.45, 7) is 3.94. The Labute approximate surface area is 131 Å². The molecule has 0 aliphatic carbocycles. The monoisotopic (exact) mass is 340 g/mol. The Kier molecular flexibility index (Phi) is 6.37. The van der Waals surface area contributed by atoms with Crippen LogP contribution in [0.4, 0.5) is 13.2 Å². The van der Waals surface area contributed by atoms with Gasteiger partial charge < -0.3 is 10.2 Å². The lowest BCUT2D eigenvalue weighted by atomic mass is 10.1. The van der Waals surface area contributed by atoms with Crippen molar-refractivity contribution in [3.63, 3.8) is 0 Å². The Balaban J connectivity index is 0.00000220. The third-order valence-electron chi connectivity index (χ3n) is 2.99. The van der Waals surface area contributed by atoms with Gasteiger partial charge in [-0.15, -0.1) is 12.4 Å². The summed E-state index contributed by atoms with van der Waals surface area (Å²) in [7, 11) is 0. The Morgan fingerprint density at radius 2 is 1.95 bits per heavy atom.